The van der Waals surface area contributed by atoms with Gasteiger partial charge in [-0.1, -0.05) is 19.8 Å². The number of aromatic nitrogens is 2. The highest BCUT2D eigenvalue weighted by Gasteiger charge is 2.33. The zero-order valence-corrected chi connectivity index (χ0v) is 14.1. The van der Waals surface area contributed by atoms with Gasteiger partial charge in [0.25, 0.3) is 0 Å². The van der Waals surface area contributed by atoms with Crippen LogP contribution in [0, 0.1) is 11.8 Å². The molecule has 1 aliphatic carbocycles. The van der Waals surface area contributed by atoms with Gasteiger partial charge in [0.15, 0.2) is 0 Å². The number of hydrogen-bond acceptors (Lipinski definition) is 2. The third-order valence-electron chi connectivity index (χ3n) is 4.51. The fourth-order valence-electron chi connectivity index (χ4n) is 3.44. The SMILES string of the molecule is CCC1CCC(C(NC)c2c(Br)cnn2C(C)C)C1. The number of halogens is 1. The van der Waals surface area contributed by atoms with Gasteiger partial charge in [-0.2, -0.15) is 5.10 Å². The van der Waals surface area contributed by atoms with Crippen molar-refractivity contribution in [1.29, 1.82) is 0 Å². The van der Waals surface area contributed by atoms with Gasteiger partial charge in [-0.25, -0.2) is 0 Å². The van der Waals surface area contributed by atoms with Gasteiger partial charge in [0, 0.05) is 6.04 Å². The molecule has 0 spiro atoms. The largest absolute Gasteiger partial charge is 0.311 e. The average molecular weight is 328 g/mol. The second kappa shape index (κ2) is 6.40. The van der Waals surface area contributed by atoms with Crippen molar-refractivity contribution in [1.82, 2.24) is 15.1 Å². The van der Waals surface area contributed by atoms with Crippen molar-refractivity contribution < 1.29 is 0 Å². The lowest BCUT2D eigenvalue weighted by Gasteiger charge is -2.26. The first-order valence-electron chi connectivity index (χ1n) is 7.48. The van der Waals surface area contributed by atoms with E-state index in [9.17, 15) is 0 Å². The maximum atomic E-state index is 4.52. The summed E-state index contributed by atoms with van der Waals surface area (Å²) in [6.07, 6.45) is 7.31. The summed E-state index contributed by atoms with van der Waals surface area (Å²) in [4.78, 5) is 0. The molecule has 2 rings (SSSR count). The highest BCUT2D eigenvalue weighted by Crippen LogP contribution is 2.42. The van der Waals surface area contributed by atoms with Crippen molar-refractivity contribution in [3.05, 3.63) is 16.4 Å². The molecular weight excluding hydrogens is 302 g/mol. The van der Waals surface area contributed by atoms with Crippen LogP contribution in [0.1, 0.15) is 64.2 Å². The van der Waals surface area contributed by atoms with E-state index >= 15 is 0 Å². The molecule has 1 heterocycles. The van der Waals surface area contributed by atoms with Gasteiger partial charge >= 0.3 is 0 Å². The molecule has 0 bridgehead atoms. The average Bonchev–Trinajstić information content (AvgIpc) is 2.99. The van der Waals surface area contributed by atoms with Crippen LogP contribution < -0.4 is 5.32 Å². The summed E-state index contributed by atoms with van der Waals surface area (Å²) in [6, 6.07) is 0.816. The molecule has 4 heteroatoms. The summed E-state index contributed by atoms with van der Waals surface area (Å²) in [5.41, 5.74) is 1.32. The molecule has 3 nitrogen and oxygen atoms in total. The Kier molecular flexibility index (Phi) is 5.07. The standard InChI is InChI=1S/C15H26BrN3/c1-5-11-6-7-12(8-11)14(17-4)15-13(16)9-18-19(15)10(2)3/h9-12,14,17H,5-8H2,1-4H3. The van der Waals surface area contributed by atoms with E-state index in [4.69, 9.17) is 0 Å². The molecule has 1 aliphatic rings. The summed E-state index contributed by atoms with van der Waals surface area (Å²) >= 11 is 3.68. The lowest BCUT2D eigenvalue weighted by Crippen LogP contribution is -2.27. The van der Waals surface area contributed by atoms with E-state index in [-0.39, 0.29) is 0 Å². The van der Waals surface area contributed by atoms with Crippen LogP contribution in [0.3, 0.4) is 0 Å². The zero-order valence-electron chi connectivity index (χ0n) is 12.5. The molecule has 0 aliphatic heterocycles. The lowest BCUT2D eigenvalue weighted by molar-refractivity contribution is 0.342. The molecular formula is C15H26BrN3. The second-order valence-corrected chi connectivity index (χ2v) is 6.88. The van der Waals surface area contributed by atoms with Crippen molar-refractivity contribution in [2.75, 3.05) is 7.05 Å². The highest BCUT2D eigenvalue weighted by molar-refractivity contribution is 9.10. The summed E-state index contributed by atoms with van der Waals surface area (Å²) in [7, 11) is 2.08. The van der Waals surface area contributed by atoms with E-state index in [0.29, 0.717) is 12.1 Å². The number of nitrogens with zero attached hydrogens (tertiary/aromatic N) is 2. The Morgan fingerprint density at radius 1 is 1.47 bits per heavy atom. The molecule has 1 N–H and O–H groups in total. The Balaban J connectivity index is 2.25. The number of hydrogen-bond donors (Lipinski definition) is 1. The summed E-state index contributed by atoms with van der Waals surface area (Å²) in [5, 5.41) is 8.06. The Morgan fingerprint density at radius 2 is 2.21 bits per heavy atom. The van der Waals surface area contributed by atoms with Gasteiger partial charge in [0.2, 0.25) is 0 Å². The molecule has 19 heavy (non-hydrogen) atoms. The van der Waals surface area contributed by atoms with E-state index in [2.05, 4.69) is 58.8 Å². The first-order chi connectivity index (χ1) is 9.08. The molecule has 3 unspecified atom stereocenters. The van der Waals surface area contributed by atoms with E-state index in [1.165, 1.54) is 31.4 Å². The van der Waals surface area contributed by atoms with Crippen molar-refractivity contribution >= 4 is 15.9 Å². The van der Waals surface area contributed by atoms with E-state index in [1.54, 1.807) is 0 Å². The minimum absolute atomic E-state index is 0.403. The van der Waals surface area contributed by atoms with Crippen LogP contribution in [-0.4, -0.2) is 16.8 Å². The van der Waals surface area contributed by atoms with Crippen LogP contribution in [0.15, 0.2) is 10.7 Å². The van der Waals surface area contributed by atoms with Crippen LogP contribution in [0.4, 0.5) is 0 Å². The molecule has 1 aromatic heterocycles. The maximum absolute atomic E-state index is 4.52. The monoisotopic (exact) mass is 327 g/mol. The van der Waals surface area contributed by atoms with Gasteiger partial charge in [-0.15, -0.1) is 0 Å². The Bertz CT molecular complexity index is 414. The first kappa shape index (κ1) is 15.0. The molecule has 3 atom stereocenters. The van der Waals surface area contributed by atoms with Crippen molar-refractivity contribution in [3.8, 4) is 0 Å². The molecule has 0 radical (unpaired) electrons. The van der Waals surface area contributed by atoms with Gasteiger partial charge in [0.05, 0.1) is 22.4 Å². The summed E-state index contributed by atoms with van der Waals surface area (Å²) in [5.74, 6) is 1.65. The van der Waals surface area contributed by atoms with E-state index in [1.807, 2.05) is 6.20 Å². The fraction of sp³-hybridized carbons (Fsp3) is 0.800. The van der Waals surface area contributed by atoms with Crippen LogP contribution in [0.25, 0.3) is 0 Å². The van der Waals surface area contributed by atoms with Crippen LogP contribution in [0.5, 0.6) is 0 Å². The molecule has 0 aromatic carbocycles. The van der Waals surface area contributed by atoms with Gasteiger partial charge in [0.1, 0.15) is 0 Å². The minimum atomic E-state index is 0.403. The third-order valence-corrected chi connectivity index (χ3v) is 5.12. The minimum Gasteiger partial charge on any atom is -0.311 e. The maximum Gasteiger partial charge on any atom is 0.0701 e. The Labute approximate surface area is 125 Å². The van der Waals surface area contributed by atoms with Crippen molar-refractivity contribution in [2.45, 2.75) is 58.5 Å². The summed E-state index contributed by atoms with van der Waals surface area (Å²) < 4.78 is 3.30. The molecule has 0 amide bonds. The molecule has 1 saturated carbocycles. The van der Waals surface area contributed by atoms with E-state index in [0.717, 1.165) is 16.3 Å². The Morgan fingerprint density at radius 3 is 2.74 bits per heavy atom. The zero-order chi connectivity index (χ0) is 14.0. The topological polar surface area (TPSA) is 29.9 Å². The fourth-order valence-corrected chi connectivity index (χ4v) is 3.96. The van der Waals surface area contributed by atoms with E-state index < -0.39 is 0 Å². The van der Waals surface area contributed by atoms with Gasteiger partial charge < -0.3 is 5.32 Å². The summed E-state index contributed by atoms with van der Waals surface area (Å²) in [6.45, 7) is 6.70. The van der Waals surface area contributed by atoms with Crippen molar-refractivity contribution in [3.63, 3.8) is 0 Å². The highest BCUT2D eigenvalue weighted by atomic mass is 79.9. The van der Waals surface area contributed by atoms with Gasteiger partial charge in [-0.05, 0) is 61.5 Å². The first-order valence-corrected chi connectivity index (χ1v) is 8.27. The number of rotatable bonds is 5. The van der Waals surface area contributed by atoms with Crippen LogP contribution in [0.2, 0.25) is 0 Å². The number of nitrogens with one attached hydrogen (secondary N) is 1. The van der Waals surface area contributed by atoms with Gasteiger partial charge in [-0.3, -0.25) is 4.68 Å². The predicted octanol–water partition coefficient (Wildman–Crippen LogP) is 4.31. The van der Waals surface area contributed by atoms with Crippen LogP contribution in [-0.2, 0) is 0 Å². The normalized spacial score (nSPS) is 25.2. The quantitative estimate of drug-likeness (QED) is 0.873. The molecule has 108 valence electrons. The predicted molar refractivity (Wildman–Crippen MR) is 83.2 cm³/mol. The smallest absolute Gasteiger partial charge is 0.0701 e. The van der Waals surface area contributed by atoms with Crippen molar-refractivity contribution in [2.24, 2.45) is 11.8 Å². The molecule has 1 fully saturated rings. The lowest BCUT2D eigenvalue weighted by atomic mass is 9.93. The molecule has 1 aromatic rings. The second-order valence-electron chi connectivity index (χ2n) is 6.03. The van der Waals surface area contributed by atoms with Crippen LogP contribution >= 0.6 is 15.9 Å². The Hall–Kier alpha value is -0.350. The molecule has 0 saturated heterocycles. The third kappa shape index (κ3) is 3.05.